The van der Waals surface area contributed by atoms with Crippen molar-refractivity contribution in [2.24, 2.45) is 0 Å². The van der Waals surface area contributed by atoms with Gasteiger partial charge in [0, 0.05) is 33.3 Å². The zero-order valence-corrected chi connectivity index (χ0v) is 12.3. The SMILES string of the molecule is COCCNC(=O)C[C@@H]1Sc2ncccc2N(C)C1=O. The van der Waals surface area contributed by atoms with E-state index >= 15 is 0 Å². The van der Waals surface area contributed by atoms with Gasteiger partial charge < -0.3 is 15.0 Å². The van der Waals surface area contributed by atoms with E-state index in [0.29, 0.717) is 13.2 Å². The molecule has 7 heteroatoms. The van der Waals surface area contributed by atoms with Crippen LogP contribution in [0, 0.1) is 0 Å². The second-order valence-corrected chi connectivity index (χ2v) is 5.57. The van der Waals surface area contributed by atoms with E-state index in [4.69, 9.17) is 4.74 Å². The summed E-state index contributed by atoms with van der Waals surface area (Å²) in [5.74, 6) is -0.224. The summed E-state index contributed by atoms with van der Waals surface area (Å²) in [5, 5.41) is 3.08. The Bertz CT molecular complexity index is 509. The van der Waals surface area contributed by atoms with Crippen molar-refractivity contribution in [2.45, 2.75) is 16.7 Å². The highest BCUT2D eigenvalue weighted by atomic mass is 32.2. The molecule has 2 heterocycles. The molecule has 108 valence electrons. The second kappa shape index (κ2) is 6.71. The molecule has 0 aliphatic carbocycles. The van der Waals surface area contributed by atoms with Gasteiger partial charge in [-0.05, 0) is 12.1 Å². The summed E-state index contributed by atoms with van der Waals surface area (Å²) >= 11 is 1.34. The minimum atomic E-state index is -0.426. The highest BCUT2D eigenvalue weighted by molar-refractivity contribution is 8.00. The number of pyridine rings is 1. The third-order valence-electron chi connectivity index (χ3n) is 2.97. The van der Waals surface area contributed by atoms with E-state index in [9.17, 15) is 9.59 Å². The monoisotopic (exact) mass is 295 g/mol. The van der Waals surface area contributed by atoms with Crippen LogP contribution in [0.3, 0.4) is 0 Å². The van der Waals surface area contributed by atoms with Gasteiger partial charge in [-0.1, -0.05) is 11.8 Å². The number of nitrogens with zero attached hydrogens (tertiary/aromatic N) is 2. The fraction of sp³-hybridized carbons (Fsp3) is 0.462. The van der Waals surface area contributed by atoms with Crippen molar-refractivity contribution in [1.82, 2.24) is 10.3 Å². The molecule has 1 aromatic rings. The molecule has 2 rings (SSSR count). The van der Waals surface area contributed by atoms with Crippen LogP contribution in [-0.4, -0.2) is 49.4 Å². The molecular formula is C13H17N3O3S. The molecule has 1 aliphatic rings. The minimum Gasteiger partial charge on any atom is -0.383 e. The summed E-state index contributed by atoms with van der Waals surface area (Å²) in [6, 6.07) is 3.64. The topological polar surface area (TPSA) is 71.5 Å². The maximum atomic E-state index is 12.2. The number of thioether (sulfide) groups is 1. The Morgan fingerprint density at radius 3 is 3.15 bits per heavy atom. The van der Waals surface area contributed by atoms with Crippen molar-refractivity contribution >= 4 is 29.3 Å². The maximum absolute atomic E-state index is 12.2. The number of nitrogens with one attached hydrogen (secondary N) is 1. The third kappa shape index (κ3) is 3.29. The van der Waals surface area contributed by atoms with Crippen molar-refractivity contribution < 1.29 is 14.3 Å². The quantitative estimate of drug-likeness (QED) is 0.809. The number of anilines is 1. The lowest BCUT2D eigenvalue weighted by atomic mass is 10.2. The Morgan fingerprint density at radius 2 is 2.40 bits per heavy atom. The van der Waals surface area contributed by atoms with E-state index < -0.39 is 5.25 Å². The van der Waals surface area contributed by atoms with Crippen LogP contribution in [0.4, 0.5) is 5.69 Å². The van der Waals surface area contributed by atoms with Crippen molar-refractivity contribution in [3.05, 3.63) is 18.3 Å². The van der Waals surface area contributed by atoms with Crippen LogP contribution >= 0.6 is 11.8 Å². The Kier molecular flexibility index (Phi) is 4.97. The number of fused-ring (bicyclic) bond motifs is 1. The van der Waals surface area contributed by atoms with Gasteiger partial charge in [-0.15, -0.1) is 0 Å². The number of carbonyl (C=O) groups excluding carboxylic acids is 2. The smallest absolute Gasteiger partial charge is 0.240 e. The molecule has 20 heavy (non-hydrogen) atoms. The molecule has 0 saturated carbocycles. The summed E-state index contributed by atoms with van der Waals surface area (Å²) < 4.78 is 4.86. The Hall–Kier alpha value is -1.60. The molecular weight excluding hydrogens is 278 g/mol. The van der Waals surface area contributed by atoms with Crippen LogP contribution in [0.2, 0.25) is 0 Å². The standard InChI is InChI=1S/C13H17N3O3S/c1-16-9-4-3-5-15-12(9)20-10(13(16)18)8-11(17)14-6-7-19-2/h3-5,10H,6-8H2,1-2H3,(H,14,17)/t10-/m0/s1. The van der Waals surface area contributed by atoms with E-state index in [2.05, 4.69) is 10.3 Å². The lowest BCUT2D eigenvalue weighted by Crippen LogP contribution is -2.41. The fourth-order valence-corrected chi connectivity index (χ4v) is 3.12. The van der Waals surface area contributed by atoms with E-state index in [1.807, 2.05) is 6.07 Å². The first kappa shape index (κ1) is 14.8. The number of ether oxygens (including phenoxy) is 1. The number of methoxy groups -OCH3 is 1. The molecule has 0 aromatic carbocycles. The van der Waals surface area contributed by atoms with Crippen LogP contribution in [0.1, 0.15) is 6.42 Å². The highest BCUT2D eigenvalue weighted by Gasteiger charge is 2.33. The lowest BCUT2D eigenvalue weighted by Gasteiger charge is -2.29. The summed E-state index contributed by atoms with van der Waals surface area (Å²) in [6.45, 7) is 0.910. The van der Waals surface area contributed by atoms with Gasteiger partial charge in [-0.3, -0.25) is 9.59 Å². The van der Waals surface area contributed by atoms with Gasteiger partial charge in [0.1, 0.15) is 5.03 Å². The Balaban J connectivity index is 2.00. The zero-order valence-electron chi connectivity index (χ0n) is 11.5. The molecule has 0 spiro atoms. The average Bonchev–Trinajstić information content (AvgIpc) is 2.45. The van der Waals surface area contributed by atoms with Crippen molar-refractivity contribution in [2.75, 3.05) is 32.2 Å². The molecule has 1 aromatic heterocycles. The van der Waals surface area contributed by atoms with E-state index in [0.717, 1.165) is 10.7 Å². The molecule has 1 N–H and O–H groups in total. The van der Waals surface area contributed by atoms with Gasteiger partial charge in [0.25, 0.3) is 0 Å². The van der Waals surface area contributed by atoms with Crippen molar-refractivity contribution in [1.29, 1.82) is 0 Å². The lowest BCUT2D eigenvalue weighted by molar-refractivity contribution is -0.124. The molecule has 2 amide bonds. The first-order chi connectivity index (χ1) is 9.63. The number of rotatable bonds is 5. The molecule has 0 bridgehead atoms. The fourth-order valence-electron chi connectivity index (χ4n) is 1.91. The van der Waals surface area contributed by atoms with Gasteiger partial charge >= 0.3 is 0 Å². The highest BCUT2D eigenvalue weighted by Crippen LogP contribution is 2.37. The molecule has 1 atom stereocenters. The summed E-state index contributed by atoms with van der Waals surface area (Å²) in [5.41, 5.74) is 0.790. The molecule has 1 aliphatic heterocycles. The van der Waals surface area contributed by atoms with Crippen LogP contribution in [0.25, 0.3) is 0 Å². The summed E-state index contributed by atoms with van der Waals surface area (Å²) in [4.78, 5) is 29.8. The van der Waals surface area contributed by atoms with Crippen LogP contribution in [0.15, 0.2) is 23.4 Å². The predicted octanol–water partition coefficient (Wildman–Crippen LogP) is 0.671. The van der Waals surface area contributed by atoms with E-state index in [1.54, 1.807) is 31.3 Å². The first-order valence-corrected chi connectivity index (χ1v) is 7.16. The second-order valence-electron chi connectivity index (χ2n) is 4.38. The normalized spacial score (nSPS) is 17.8. The molecule has 0 radical (unpaired) electrons. The largest absolute Gasteiger partial charge is 0.383 e. The molecule has 0 unspecified atom stereocenters. The van der Waals surface area contributed by atoms with Crippen molar-refractivity contribution in [3.8, 4) is 0 Å². The van der Waals surface area contributed by atoms with Gasteiger partial charge in [0.2, 0.25) is 11.8 Å². The Labute approximate surface area is 121 Å². The summed E-state index contributed by atoms with van der Waals surface area (Å²) in [7, 11) is 3.28. The van der Waals surface area contributed by atoms with Crippen LogP contribution < -0.4 is 10.2 Å². The molecule has 0 saturated heterocycles. The van der Waals surface area contributed by atoms with Gasteiger partial charge in [0.05, 0.1) is 17.5 Å². The van der Waals surface area contributed by atoms with Gasteiger partial charge in [0.15, 0.2) is 0 Å². The third-order valence-corrected chi connectivity index (χ3v) is 4.16. The first-order valence-electron chi connectivity index (χ1n) is 6.28. The number of aromatic nitrogens is 1. The summed E-state index contributed by atoms with van der Waals surface area (Å²) in [6.07, 6.45) is 1.83. The number of amides is 2. The van der Waals surface area contributed by atoms with Gasteiger partial charge in [-0.25, -0.2) is 4.98 Å². The maximum Gasteiger partial charge on any atom is 0.240 e. The van der Waals surface area contributed by atoms with Gasteiger partial charge in [-0.2, -0.15) is 0 Å². The van der Waals surface area contributed by atoms with E-state index in [-0.39, 0.29) is 18.2 Å². The molecule has 0 fully saturated rings. The predicted molar refractivity (Wildman–Crippen MR) is 76.8 cm³/mol. The van der Waals surface area contributed by atoms with Crippen LogP contribution in [-0.2, 0) is 14.3 Å². The number of carbonyl (C=O) groups is 2. The Morgan fingerprint density at radius 1 is 1.60 bits per heavy atom. The van der Waals surface area contributed by atoms with Crippen molar-refractivity contribution in [3.63, 3.8) is 0 Å². The molecule has 6 nitrogen and oxygen atoms in total. The average molecular weight is 295 g/mol. The minimum absolute atomic E-state index is 0.0719. The van der Waals surface area contributed by atoms with E-state index in [1.165, 1.54) is 11.8 Å². The van der Waals surface area contributed by atoms with Crippen LogP contribution in [0.5, 0.6) is 0 Å². The number of hydrogen-bond donors (Lipinski definition) is 1. The number of hydrogen-bond acceptors (Lipinski definition) is 5. The zero-order chi connectivity index (χ0) is 14.5.